The number of nitrogens with zero attached hydrogens (tertiary/aromatic N) is 1. The molecule has 3 atom stereocenters. The minimum absolute atomic E-state index is 0.0665. The van der Waals surface area contributed by atoms with Gasteiger partial charge in [-0.25, -0.2) is 0 Å². The van der Waals surface area contributed by atoms with Gasteiger partial charge in [-0.2, -0.15) is 0 Å². The third-order valence-corrected chi connectivity index (χ3v) is 4.31. The number of carbonyl (C=O) groups excluding carboxylic acids is 2. The molecule has 1 aliphatic heterocycles. The normalized spacial score (nSPS) is 22.3. The van der Waals surface area contributed by atoms with Crippen LogP contribution in [0.1, 0.15) is 50.7 Å². The molecule has 130 valence electrons. The van der Waals surface area contributed by atoms with Crippen molar-refractivity contribution in [3.63, 3.8) is 0 Å². The summed E-state index contributed by atoms with van der Waals surface area (Å²) in [6.07, 6.45) is 0.721. The van der Waals surface area contributed by atoms with Crippen molar-refractivity contribution in [1.29, 1.82) is 0 Å². The van der Waals surface area contributed by atoms with E-state index >= 15 is 0 Å². The number of nitro benzene ring substituents is 1. The molecule has 2 rings (SSSR count). The van der Waals surface area contributed by atoms with E-state index in [-0.39, 0.29) is 29.8 Å². The highest BCUT2D eigenvalue weighted by molar-refractivity contribution is 5.75. The molecule has 0 aromatic heterocycles. The second-order valence-electron chi connectivity index (χ2n) is 6.20. The smallest absolute Gasteiger partial charge is 0.306 e. The molecule has 24 heavy (non-hydrogen) atoms. The summed E-state index contributed by atoms with van der Waals surface area (Å²) in [4.78, 5) is 33.1. The van der Waals surface area contributed by atoms with Crippen molar-refractivity contribution in [2.75, 3.05) is 0 Å². The molecule has 7 heteroatoms. The first-order valence-corrected chi connectivity index (χ1v) is 7.98. The molecule has 0 aliphatic carbocycles. The summed E-state index contributed by atoms with van der Waals surface area (Å²) in [7, 11) is 0. The number of cyclic esters (lactones) is 1. The van der Waals surface area contributed by atoms with Crippen LogP contribution in [-0.2, 0) is 14.3 Å². The number of non-ortho nitro benzene ring substituents is 1. The molecule has 0 amide bonds. The Kier molecular flexibility index (Phi) is 6.03. The third kappa shape index (κ3) is 4.86. The molecule has 0 spiro atoms. The van der Waals surface area contributed by atoms with E-state index in [0.717, 1.165) is 0 Å². The Bertz CT molecular complexity index is 612. The van der Waals surface area contributed by atoms with Crippen molar-refractivity contribution in [2.24, 2.45) is 5.92 Å². The molecule has 1 saturated heterocycles. The van der Waals surface area contributed by atoms with Gasteiger partial charge in [0.1, 0.15) is 18.0 Å². The van der Waals surface area contributed by atoms with E-state index in [0.29, 0.717) is 31.2 Å². The standard InChI is InChI=1S/C17H21NO6/c1-11(19)2-3-12-4-9-16(20)24-15(10-12)17(21)13-5-7-14(8-6-13)18(22)23/h5-8,12,15,17,21H,2-4,9-10H2,1H3/t12-,15+,17+/m0/s1. The Balaban J connectivity index is 2.09. The Morgan fingerprint density at radius 2 is 2.08 bits per heavy atom. The number of aliphatic hydroxyl groups excluding tert-OH is 1. The van der Waals surface area contributed by atoms with Crippen molar-refractivity contribution in [2.45, 2.75) is 51.2 Å². The number of hydrogen-bond donors (Lipinski definition) is 1. The summed E-state index contributed by atoms with van der Waals surface area (Å²) in [6.45, 7) is 1.53. The van der Waals surface area contributed by atoms with Crippen LogP contribution in [0, 0.1) is 16.0 Å². The monoisotopic (exact) mass is 335 g/mol. The van der Waals surface area contributed by atoms with Gasteiger partial charge < -0.3 is 14.6 Å². The molecule has 1 heterocycles. The minimum Gasteiger partial charge on any atom is -0.459 e. The fraction of sp³-hybridized carbons (Fsp3) is 0.529. The Labute approximate surface area is 139 Å². The van der Waals surface area contributed by atoms with Crippen molar-refractivity contribution in [3.05, 3.63) is 39.9 Å². The highest BCUT2D eigenvalue weighted by atomic mass is 16.6. The van der Waals surface area contributed by atoms with Gasteiger partial charge in [-0.3, -0.25) is 14.9 Å². The van der Waals surface area contributed by atoms with E-state index in [1.165, 1.54) is 31.2 Å². The highest BCUT2D eigenvalue weighted by Gasteiger charge is 2.31. The first-order valence-electron chi connectivity index (χ1n) is 7.98. The van der Waals surface area contributed by atoms with Gasteiger partial charge in [0.15, 0.2) is 0 Å². The van der Waals surface area contributed by atoms with Gasteiger partial charge in [-0.15, -0.1) is 0 Å². The van der Waals surface area contributed by atoms with Gasteiger partial charge in [0.2, 0.25) is 0 Å². The van der Waals surface area contributed by atoms with E-state index in [2.05, 4.69) is 0 Å². The lowest BCUT2D eigenvalue weighted by Gasteiger charge is -2.24. The van der Waals surface area contributed by atoms with Crippen LogP contribution in [-0.4, -0.2) is 27.9 Å². The molecule has 7 nitrogen and oxygen atoms in total. The lowest BCUT2D eigenvalue weighted by Crippen LogP contribution is -2.25. The SMILES string of the molecule is CC(=O)CC[C@H]1CCC(=O)O[C@@H]([C@H](O)c2ccc([N+](=O)[O-])cc2)C1. The average Bonchev–Trinajstić information content (AvgIpc) is 2.74. The van der Waals surface area contributed by atoms with Crippen LogP contribution < -0.4 is 0 Å². The molecule has 0 saturated carbocycles. The fourth-order valence-electron chi connectivity index (χ4n) is 2.92. The molecule has 1 aromatic rings. The molecule has 1 N–H and O–H groups in total. The van der Waals surface area contributed by atoms with Gasteiger partial charge in [-0.05, 0) is 49.8 Å². The maximum absolute atomic E-state index is 11.8. The van der Waals surface area contributed by atoms with Crippen LogP contribution in [0.15, 0.2) is 24.3 Å². The number of benzene rings is 1. The lowest BCUT2D eigenvalue weighted by molar-refractivity contribution is -0.384. The zero-order valence-corrected chi connectivity index (χ0v) is 13.5. The van der Waals surface area contributed by atoms with Gasteiger partial charge in [0.25, 0.3) is 5.69 Å². The molecule has 1 fully saturated rings. The number of ketones is 1. The predicted octanol–water partition coefficient (Wildman–Crippen LogP) is 2.71. The van der Waals surface area contributed by atoms with E-state index in [1.807, 2.05) is 0 Å². The topological polar surface area (TPSA) is 107 Å². The summed E-state index contributed by atoms with van der Waals surface area (Å²) in [5.74, 6) is -0.150. The summed E-state index contributed by atoms with van der Waals surface area (Å²) in [5, 5.41) is 21.2. The van der Waals surface area contributed by atoms with Crippen molar-refractivity contribution in [1.82, 2.24) is 0 Å². The number of esters is 1. The second kappa shape index (κ2) is 8.01. The third-order valence-electron chi connectivity index (χ3n) is 4.31. The number of nitro groups is 1. The number of aliphatic hydroxyl groups is 1. The fourth-order valence-corrected chi connectivity index (χ4v) is 2.92. The van der Waals surface area contributed by atoms with E-state index in [4.69, 9.17) is 4.74 Å². The highest BCUT2D eigenvalue weighted by Crippen LogP contribution is 2.32. The van der Waals surface area contributed by atoms with Crippen LogP contribution >= 0.6 is 0 Å². The van der Waals surface area contributed by atoms with Crippen molar-refractivity contribution in [3.8, 4) is 0 Å². The molecule has 0 bridgehead atoms. The van der Waals surface area contributed by atoms with Gasteiger partial charge >= 0.3 is 5.97 Å². The zero-order chi connectivity index (χ0) is 17.7. The largest absolute Gasteiger partial charge is 0.459 e. The summed E-state index contributed by atoms with van der Waals surface area (Å²) in [5.41, 5.74) is 0.397. The van der Waals surface area contributed by atoms with Crippen molar-refractivity contribution >= 4 is 17.4 Å². The van der Waals surface area contributed by atoms with Crippen LogP contribution in [0.25, 0.3) is 0 Å². The van der Waals surface area contributed by atoms with Gasteiger partial charge in [-0.1, -0.05) is 0 Å². The number of carbonyl (C=O) groups is 2. The van der Waals surface area contributed by atoms with Gasteiger partial charge in [0, 0.05) is 25.0 Å². The molecule has 1 aliphatic rings. The van der Waals surface area contributed by atoms with E-state index in [9.17, 15) is 24.8 Å². The molecular weight excluding hydrogens is 314 g/mol. The van der Waals surface area contributed by atoms with Crippen LogP contribution in [0.5, 0.6) is 0 Å². The maximum atomic E-state index is 11.8. The van der Waals surface area contributed by atoms with Crippen LogP contribution in [0.2, 0.25) is 0 Å². The molecule has 1 aromatic carbocycles. The summed E-state index contributed by atoms with van der Waals surface area (Å²) in [6, 6.07) is 5.55. The predicted molar refractivity (Wildman–Crippen MR) is 85.2 cm³/mol. The number of Topliss-reactive ketones (excluding diaryl/α,β-unsaturated/α-hetero) is 1. The maximum Gasteiger partial charge on any atom is 0.306 e. The van der Waals surface area contributed by atoms with Gasteiger partial charge in [0.05, 0.1) is 4.92 Å². The van der Waals surface area contributed by atoms with Crippen molar-refractivity contribution < 1.29 is 24.4 Å². The Morgan fingerprint density at radius 3 is 2.67 bits per heavy atom. The van der Waals surface area contributed by atoms with Crippen LogP contribution in [0.4, 0.5) is 5.69 Å². The number of hydrogen-bond acceptors (Lipinski definition) is 6. The first kappa shape index (κ1) is 18.1. The first-order chi connectivity index (χ1) is 11.4. The Morgan fingerprint density at radius 1 is 1.42 bits per heavy atom. The number of rotatable bonds is 6. The second-order valence-corrected chi connectivity index (χ2v) is 6.20. The zero-order valence-electron chi connectivity index (χ0n) is 13.5. The average molecular weight is 335 g/mol. The number of ether oxygens (including phenoxy) is 1. The molecular formula is C17H21NO6. The molecule has 0 unspecified atom stereocenters. The van der Waals surface area contributed by atoms with E-state index < -0.39 is 17.1 Å². The lowest BCUT2D eigenvalue weighted by atomic mass is 9.89. The Hall–Kier alpha value is -2.28. The quantitative estimate of drug-likeness (QED) is 0.486. The minimum atomic E-state index is -1.05. The summed E-state index contributed by atoms with van der Waals surface area (Å²) < 4.78 is 5.33. The summed E-state index contributed by atoms with van der Waals surface area (Å²) >= 11 is 0. The van der Waals surface area contributed by atoms with Crippen LogP contribution in [0.3, 0.4) is 0 Å². The molecule has 0 radical (unpaired) electrons. The van der Waals surface area contributed by atoms with E-state index in [1.54, 1.807) is 0 Å².